The molecule has 2 aliphatic heterocycles. The summed E-state index contributed by atoms with van der Waals surface area (Å²) >= 11 is 0. The number of ether oxygens (including phenoxy) is 1. The molecule has 2 aliphatic rings. The van der Waals surface area contributed by atoms with Crippen molar-refractivity contribution in [2.24, 2.45) is 0 Å². The van der Waals surface area contributed by atoms with E-state index < -0.39 is 0 Å². The largest absolute Gasteiger partial charge is 0.492 e. The minimum Gasteiger partial charge on any atom is -0.492 e. The average Bonchev–Trinajstić information content (AvgIpc) is 4.01. The van der Waals surface area contributed by atoms with Crippen LogP contribution in [0, 0.1) is 0 Å². The van der Waals surface area contributed by atoms with Crippen LogP contribution < -0.4 is 4.74 Å². The molecule has 0 unspecified atom stereocenters. The van der Waals surface area contributed by atoms with Crippen LogP contribution in [-0.2, 0) is 0 Å². The topological polar surface area (TPSA) is 66.6 Å². The van der Waals surface area contributed by atoms with Crippen LogP contribution in [-0.4, -0.2) is 26.5 Å². The summed E-state index contributed by atoms with van der Waals surface area (Å²) in [6.45, 7) is 2.54. The predicted molar refractivity (Wildman–Crippen MR) is 212 cm³/mol. The van der Waals surface area contributed by atoms with Crippen LogP contribution in [0.15, 0.2) is 140 Å². The Morgan fingerprint density at radius 1 is 0.431 bits per heavy atom. The summed E-state index contributed by atoms with van der Waals surface area (Å²) in [6.07, 6.45) is 8.49. The van der Waals surface area contributed by atoms with E-state index in [1.165, 1.54) is 0 Å². The molecule has 0 aliphatic carbocycles. The van der Waals surface area contributed by atoms with Gasteiger partial charge in [-0.3, -0.25) is 0 Å². The van der Waals surface area contributed by atoms with E-state index in [1.807, 2.05) is 31.2 Å². The van der Waals surface area contributed by atoms with Gasteiger partial charge in [0, 0.05) is 39.4 Å². The summed E-state index contributed by atoms with van der Waals surface area (Å²) in [4.78, 5) is 18.4. The summed E-state index contributed by atoms with van der Waals surface area (Å²) in [6, 6.07) is 48.3. The molecule has 0 saturated heterocycles. The van der Waals surface area contributed by atoms with Gasteiger partial charge in [-0.1, -0.05) is 121 Å². The Hall–Kier alpha value is -6.72. The molecule has 2 N–H and O–H groups in total. The SMILES string of the molecule is CCOc1cc2[nH]c1c(-c1ccccc1)c1nc(c(-c3ccccc3)c3ccc([nH]3)c(-c3ccccc3)c3nc(c2-c2ccccc2)C=C3)C=C1. The molecule has 9 rings (SSSR count). The highest BCUT2D eigenvalue weighted by atomic mass is 16.5. The summed E-state index contributed by atoms with van der Waals surface area (Å²) in [5.74, 6) is 0.762. The molecule has 4 aromatic carbocycles. The number of hydrogen-bond acceptors (Lipinski definition) is 3. The zero-order valence-corrected chi connectivity index (χ0v) is 28.1. The molecule has 51 heavy (non-hydrogen) atoms. The van der Waals surface area contributed by atoms with Gasteiger partial charge in [-0.15, -0.1) is 0 Å². The monoisotopic (exact) mass is 658 g/mol. The standard InChI is InChI=1S/C46H34N4O/c1-2-51-41-29-40-44(32-19-11-5-12-20-32)38-26-25-36(48-38)42(30-15-7-3-8-16-30)34-23-24-35(47-34)43(31-17-9-4-10-18-31)37-27-28-39(49-37)45(46(41)50-40)33-21-13-6-14-22-33/h3-29,47,50H,2H2,1H3. The van der Waals surface area contributed by atoms with Crippen molar-refractivity contribution in [1.82, 2.24) is 19.9 Å². The van der Waals surface area contributed by atoms with Crippen LogP contribution in [0.5, 0.6) is 5.75 Å². The first kappa shape index (κ1) is 30.3. The van der Waals surface area contributed by atoms with Crippen molar-refractivity contribution in [3.8, 4) is 50.3 Å². The van der Waals surface area contributed by atoms with Crippen LogP contribution in [0.4, 0.5) is 0 Å². The lowest BCUT2D eigenvalue weighted by Crippen LogP contribution is -1.92. The molecule has 0 spiro atoms. The van der Waals surface area contributed by atoms with E-state index in [1.54, 1.807) is 0 Å². The van der Waals surface area contributed by atoms with Crippen molar-refractivity contribution in [3.63, 3.8) is 0 Å². The lowest BCUT2D eigenvalue weighted by molar-refractivity contribution is 0.345. The zero-order valence-electron chi connectivity index (χ0n) is 28.1. The number of H-pyrrole nitrogens is 2. The van der Waals surface area contributed by atoms with Crippen LogP contribution in [0.1, 0.15) is 29.7 Å². The molecule has 244 valence electrons. The van der Waals surface area contributed by atoms with E-state index in [0.717, 1.165) is 95.1 Å². The zero-order chi connectivity index (χ0) is 34.1. The van der Waals surface area contributed by atoms with Crippen LogP contribution in [0.2, 0.25) is 0 Å². The van der Waals surface area contributed by atoms with Gasteiger partial charge in [-0.05, 0) is 65.6 Å². The first-order valence-corrected chi connectivity index (χ1v) is 17.3. The molecule has 5 nitrogen and oxygen atoms in total. The first-order chi connectivity index (χ1) is 25.2. The maximum absolute atomic E-state index is 6.41. The van der Waals surface area contributed by atoms with E-state index in [9.17, 15) is 0 Å². The number of rotatable bonds is 6. The number of nitrogens with one attached hydrogen (secondary N) is 2. The Balaban J connectivity index is 1.51. The van der Waals surface area contributed by atoms with Gasteiger partial charge in [0.15, 0.2) is 0 Å². The molecular weight excluding hydrogens is 625 g/mol. The van der Waals surface area contributed by atoms with Crippen LogP contribution >= 0.6 is 0 Å². The third kappa shape index (κ3) is 5.55. The Kier molecular flexibility index (Phi) is 7.71. The molecule has 8 bridgehead atoms. The molecule has 0 amide bonds. The smallest absolute Gasteiger partial charge is 0.145 e. The highest BCUT2D eigenvalue weighted by Crippen LogP contribution is 2.41. The molecule has 7 aromatic rings. The molecule has 0 saturated carbocycles. The summed E-state index contributed by atoms with van der Waals surface area (Å²) in [5, 5.41) is 0. The molecule has 0 fully saturated rings. The van der Waals surface area contributed by atoms with E-state index >= 15 is 0 Å². The third-order valence-electron chi connectivity index (χ3n) is 9.38. The van der Waals surface area contributed by atoms with Crippen molar-refractivity contribution in [1.29, 1.82) is 0 Å². The maximum Gasteiger partial charge on any atom is 0.145 e. The second-order valence-corrected chi connectivity index (χ2v) is 12.5. The summed E-state index contributed by atoms with van der Waals surface area (Å²) in [7, 11) is 0. The quantitative estimate of drug-likeness (QED) is 0.187. The molecule has 3 aromatic heterocycles. The lowest BCUT2D eigenvalue weighted by Gasteiger charge is -2.07. The second-order valence-electron chi connectivity index (χ2n) is 12.5. The van der Waals surface area contributed by atoms with E-state index in [0.29, 0.717) is 6.61 Å². The number of fused-ring (bicyclic) bond motifs is 8. The first-order valence-electron chi connectivity index (χ1n) is 17.3. The second kappa shape index (κ2) is 13.0. The van der Waals surface area contributed by atoms with E-state index in [4.69, 9.17) is 14.7 Å². The van der Waals surface area contributed by atoms with Gasteiger partial charge in [-0.2, -0.15) is 0 Å². The fraction of sp³-hybridized carbons (Fsp3) is 0.0435. The number of benzene rings is 4. The summed E-state index contributed by atoms with van der Waals surface area (Å²) in [5.41, 5.74) is 15.5. The van der Waals surface area contributed by atoms with Gasteiger partial charge in [0.1, 0.15) is 5.75 Å². The molecule has 5 heteroatoms. The molecule has 5 heterocycles. The normalized spacial score (nSPS) is 11.9. The van der Waals surface area contributed by atoms with Crippen molar-refractivity contribution in [3.05, 3.63) is 162 Å². The fourth-order valence-corrected chi connectivity index (χ4v) is 7.16. The van der Waals surface area contributed by atoms with Crippen molar-refractivity contribution in [2.45, 2.75) is 6.92 Å². The average molecular weight is 659 g/mol. The summed E-state index contributed by atoms with van der Waals surface area (Å²) < 4.78 is 6.41. The number of hydrogen-bond donors (Lipinski definition) is 2. The third-order valence-corrected chi connectivity index (χ3v) is 9.38. The maximum atomic E-state index is 6.41. The van der Waals surface area contributed by atoms with Crippen molar-refractivity contribution < 1.29 is 4.74 Å². The van der Waals surface area contributed by atoms with Gasteiger partial charge in [-0.25, -0.2) is 9.97 Å². The molecule has 0 atom stereocenters. The molecule has 0 radical (unpaired) electrons. The van der Waals surface area contributed by atoms with Gasteiger partial charge in [0.25, 0.3) is 0 Å². The van der Waals surface area contributed by atoms with Crippen LogP contribution in [0.3, 0.4) is 0 Å². The van der Waals surface area contributed by atoms with Crippen molar-refractivity contribution >= 4 is 46.4 Å². The van der Waals surface area contributed by atoms with Crippen molar-refractivity contribution in [2.75, 3.05) is 6.61 Å². The Morgan fingerprint density at radius 3 is 1.22 bits per heavy atom. The minimum absolute atomic E-state index is 0.516. The van der Waals surface area contributed by atoms with Gasteiger partial charge in [0.05, 0.1) is 40.4 Å². The van der Waals surface area contributed by atoms with Gasteiger partial charge >= 0.3 is 0 Å². The highest BCUT2D eigenvalue weighted by Gasteiger charge is 2.20. The minimum atomic E-state index is 0.516. The fourth-order valence-electron chi connectivity index (χ4n) is 7.16. The molecular formula is C46H34N4O. The van der Waals surface area contributed by atoms with E-state index in [2.05, 4.69) is 150 Å². The Labute approximate surface area is 296 Å². The van der Waals surface area contributed by atoms with Gasteiger partial charge in [0.2, 0.25) is 0 Å². The van der Waals surface area contributed by atoms with Crippen LogP contribution in [0.25, 0.3) is 90.9 Å². The number of nitrogens with zero attached hydrogens (tertiary/aromatic N) is 2. The highest BCUT2D eigenvalue weighted by molar-refractivity contribution is 6.01. The predicted octanol–water partition coefficient (Wildman–Crippen LogP) is 11.7. The van der Waals surface area contributed by atoms with E-state index in [-0.39, 0.29) is 0 Å². The Morgan fingerprint density at radius 2 is 0.804 bits per heavy atom. The number of aromatic amines is 2. The lowest BCUT2D eigenvalue weighted by atomic mass is 10.0. The number of aromatic nitrogens is 4. The Bertz CT molecular complexity index is 2620. The van der Waals surface area contributed by atoms with Gasteiger partial charge < -0.3 is 14.7 Å².